The van der Waals surface area contributed by atoms with Crippen molar-refractivity contribution < 1.29 is 4.79 Å². The van der Waals surface area contributed by atoms with Crippen molar-refractivity contribution in [3.05, 3.63) is 0 Å². The van der Waals surface area contributed by atoms with Crippen LogP contribution >= 0.6 is 0 Å². The standard InChI is InChI=1S/C15H29N3O/c1-10(2)13-15(19)18(14(16-13)11(3)4)12-6-8-17(5)9-7-12/h10-14,16H,6-9H2,1-5H3. The van der Waals surface area contributed by atoms with Gasteiger partial charge in [0.15, 0.2) is 0 Å². The van der Waals surface area contributed by atoms with E-state index < -0.39 is 0 Å². The van der Waals surface area contributed by atoms with Crippen molar-refractivity contribution >= 4 is 5.91 Å². The Bertz CT molecular complexity index is 321. The molecule has 2 atom stereocenters. The predicted molar refractivity (Wildman–Crippen MR) is 77.8 cm³/mol. The molecule has 1 N–H and O–H groups in total. The second-order valence-corrected chi connectivity index (χ2v) is 6.86. The van der Waals surface area contributed by atoms with E-state index in [0.29, 0.717) is 23.8 Å². The van der Waals surface area contributed by atoms with Crippen LogP contribution < -0.4 is 5.32 Å². The normalized spacial score (nSPS) is 30.9. The van der Waals surface area contributed by atoms with Gasteiger partial charge in [0, 0.05) is 6.04 Å². The van der Waals surface area contributed by atoms with Crippen LogP contribution in [0.4, 0.5) is 0 Å². The molecule has 0 saturated carbocycles. The maximum absolute atomic E-state index is 12.7. The van der Waals surface area contributed by atoms with Crippen LogP contribution in [0.2, 0.25) is 0 Å². The first-order chi connectivity index (χ1) is 8.91. The van der Waals surface area contributed by atoms with E-state index in [1.807, 2.05) is 0 Å². The van der Waals surface area contributed by atoms with Gasteiger partial charge in [-0.1, -0.05) is 27.7 Å². The monoisotopic (exact) mass is 267 g/mol. The van der Waals surface area contributed by atoms with Gasteiger partial charge in [-0.15, -0.1) is 0 Å². The van der Waals surface area contributed by atoms with Gasteiger partial charge < -0.3 is 9.80 Å². The number of rotatable bonds is 3. The van der Waals surface area contributed by atoms with Gasteiger partial charge in [-0.25, -0.2) is 0 Å². The molecule has 4 nitrogen and oxygen atoms in total. The molecular weight excluding hydrogens is 238 g/mol. The van der Waals surface area contributed by atoms with Crippen LogP contribution in [0.25, 0.3) is 0 Å². The fraction of sp³-hybridized carbons (Fsp3) is 0.933. The number of piperidine rings is 1. The van der Waals surface area contributed by atoms with Gasteiger partial charge in [0.1, 0.15) is 0 Å². The van der Waals surface area contributed by atoms with Crippen LogP contribution in [-0.2, 0) is 4.79 Å². The highest BCUT2D eigenvalue weighted by Crippen LogP contribution is 2.28. The highest BCUT2D eigenvalue weighted by molar-refractivity contribution is 5.85. The Balaban J connectivity index is 2.13. The molecule has 2 saturated heterocycles. The minimum Gasteiger partial charge on any atom is -0.322 e. The summed E-state index contributed by atoms with van der Waals surface area (Å²) in [4.78, 5) is 17.2. The van der Waals surface area contributed by atoms with Gasteiger partial charge >= 0.3 is 0 Å². The quantitative estimate of drug-likeness (QED) is 0.842. The molecule has 1 amide bonds. The minimum atomic E-state index is 0.00653. The Kier molecular flexibility index (Phi) is 4.51. The topological polar surface area (TPSA) is 35.6 Å². The zero-order chi connectivity index (χ0) is 14.2. The van der Waals surface area contributed by atoms with Crippen molar-refractivity contribution in [2.24, 2.45) is 11.8 Å². The Morgan fingerprint density at radius 1 is 1.11 bits per heavy atom. The molecule has 2 aliphatic rings. The summed E-state index contributed by atoms with van der Waals surface area (Å²) < 4.78 is 0. The Morgan fingerprint density at radius 2 is 1.68 bits per heavy atom. The molecular formula is C15H29N3O. The van der Waals surface area contributed by atoms with Crippen molar-refractivity contribution in [2.45, 2.75) is 58.8 Å². The van der Waals surface area contributed by atoms with Gasteiger partial charge in [0.2, 0.25) is 5.91 Å². The highest BCUT2D eigenvalue weighted by atomic mass is 16.2. The maximum atomic E-state index is 12.7. The highest BCUT2D eigenvalue weighted by Gasteiger charge is 2.44. The first-order valence-corrected chi connectivity index (χ1v) is 7.68. The fourth-order valence-corrected chi connectivity index (χ4v) is 3.30. The molecule has 2 aliphatic heterocycles. The Hall–Kier alpha value is -0.610. The van der Waals surface area contributed by atoms with E-state index in [4.69, 9.17) is 0 Å². The summed E-state index contributed by atoms with van der Waals surface area (Å²) in [5.41, 5.74) is 0. The molecule has 2 rings (SSSR count). The Labute approximate surface area is 117 Å². The lowest BCUT2D eigenvalue weighted by Crippen LogP contribution is -2.51. The van der Waals surface area contributed by atoms with E-state index in [-0.39, 0.29) is 12.2 Å². The molecule has 110 valence electrons. The summed E-state index contributed by atoms with van der Waals surface area (Å²) in [6.45, 7) is 10.9. The number of nitrogens with one attached hydrogen (secondary N) is 1. The van der Waals surface area contributed by atoms with Gasteiger partial charge in [0.25, 0.3) is 0 Å². The molecule has 0 aromatic rings. The fourth-order valence-electron chi connectivity index (χ4n) is 3.30. The number of amides is 1. The van der Waals surface area contributed by atoms with Crippen LogP contribution in [-0.4, -0.2) is 54.1 Å². The number of nitrogens with zero attached hydrogens (tertiary/aromatic N) is 2. The molecule has 4 heteroatoms. The van der Waals surface area contributed by atoms with Crippen molar-refractivity contribution in [3.63, 3.8) is 0 Å². The molecule has 0 spiro atoms. The van der Waals surface area contributed by atoms with Crippen molar-refractivity contribution in [3.8, 4) is 0 Å². The predicted octanol–water partition coefficient (Wildman–Crippen LogP) is 1.52. The van der Waals surface area contributed by atoms with Gasteiger partial charge in [-0.05, 0) is 44.8 Å². The summed E-state index contributed by atoms with van der Waals surface area (Å²) in [5.74, 6) is 1.15. The zero-order valence-electron chi connectivity index (χ0n) is 13.0. The molecule has 0 radical (unpaired) electrons. The number of hydrogen-bond donors (Lipinski definition) is 1. The molecule has 2 fully saturated rings. The minimum absolute atomic E-state index is 0.00653. The van der Waals surface area contributed by atoms with Crippen LogP contribution in [0.15, 0.2) is 0 Å². The third kappa shape index (κ3) is 2.95. The zero-order valence-corrected chi connectivity index (χ0v) is 13.0. The third-order valence-corrected chi connectivity index (χ3v) is 4.55. The number of carbonyl (C=O) groups is 1. The molecule has 0 bridgehead atoms. The number of hydrogen-bond acceptors (Lipinski definition) is 3. The third-order valence-electron chi connectivity index (χ3n) is 4.55. The van der Waals surface area contributed by atoms with Crippen LogP contribution in [0.3, 0.4) is 0 Å². The average Bonchev–Trinajstić information content (AvgIpc) is 2.68. The molecule has 0 aromatic heterocycles. The number of likely N-dealkylation sites (tertiary alicyclic amines) is 1. The number of carbonyl (C=O) groups excluding carboxylic acids is 1. The Morgan fingerprint density at radius 3 is 2.16 bits per heavy atom. The van der Waals surface area contributed by atoms with E-state index in [1.165, 1.54) is 0 Å². The molecule has 0 aromatic carbocycles. The lowest BCUT2D eigenvalue weighted by atomic mass is 10.00. The smallest absolute Gasteiger partial charge is 0.241 e. The summed E-state index contributed by atoms with van der Waals surface area (Å²) in [6, 6.07) is 0.430. The van der Waals surface area contributed by atoms with E-state index in [1.54, 1.807) is 0 Å². The molecule has 19 heavy (non-hydrogen) atoms. The van der Waals surface area contributed by atoms with Crippen molar-refractivity contribution in [2.75, 3.05) is 20.1 Å². The van der Waals surface area contributed by atoms with E-state index in [9.17, 15) is 4.79 Å². The molecule has 0 aliphatic carbocycles. The van der Waals surface area contributed by atoms with E-state index in [2.05, 4.69) is 49.9 Å². The SMILES string of the molecule is CC(C)C1NC(C(C)C)N(C2CCN(C)CC2)C1=O. The van der Waals surface area contributed by atoms with Crippen molar-refractivity contribution in [1.82, 2.24) is 15.1 Å². The first kappa shape index (κ1) is 14.8. The van der Waals surface area contributed by atoms with Crippen LogP contribution in [0.1, 0.15) is 40.5 Å². The van der Waals surface area contributed by atoms with Crippen LogP contribution in [0.5, 0.6) is 0 Å². The summed E-state index contributed by atoms with van der Waals surface area (Å²) in [7, 11) is 2.16. The molecule has 2 unspecified atom stereocenters. The summed E-state index contributed by atoms with van der Waals surface area (Å²) in [6.07, 6.45) is 2.43. The first-order valence-electron chi connectivity index (χ1n) is 7.68. The van der Waals surface area contributed by atoms with Crippen molar-refractivity contribution in [1.29, 1.82) is 0 Å². The van der Waals surface area contributed by atoms with E-state index in [0.717, 1.165) is 25.9 Å². The maximum Gasteiger partial charge on any atom is 0.241 e. The lowest BCUT2D eigenvalue weighted by molar-refractivity contribution is -0.134. The van der Waals surface area contributed by atoms with Gasteiger partial charge in [-0.2, -0.15) is 0 Å². The second-order valence-electron chi connectivity index (χ2n) is 6.86. The largest absolute Gasteiger partial charge is 0.322 e. The second kappa shape index (κ2) is 5.80. The summed E-state index contributed by atoms with van der Waals surface area (Å²) in [5, 5.41) is 3.56. The van der Waals surface area contributed by atoms with Crippen LogP contribution in [0, 0.1) is 11.8 Å². The molecule has 2 heterocycles. The van der Waals surface area contributed by atoms with Gasteiger partial charge in [0.05, 0.1) is 12.2 Å². The van der Waals surface area contributed by atoms with E-state index >= 15 is 0 Å². The van der Waals surface area contributed by atoms with Gasteiger partial charge in [-0.3, -0.25) is 10.1 Å². The average molecular weight is 267 g/mol. The lowest BCUT2D eigenvalue weighted by Gasteiger charge is -2.39. The summed E-state index contributed by atoms with van der Waals surface area (Å²) >= 11 is 0.